The molecule has 0 saturated carbocycles. The van der Waals surface area contributed by atoms with Crippen LogP contribution in [0.2, 0.25) is 0 Å². The molecule has 0 spiro atoms. The van der Waals surface area contributed by atoms with E-state index in [9.17, 15) is 0 Å². The van der Waals surface area contributed by atoms with Gasteiger partial charge in [-0.25, -0.2) is 0 Å². The van der Waals surface area contributed by atoms with Crippen molar-refractivity contribution in [1.29, 1.82) is 5.26 Å². The largest absolute Gasteiger partial charge is 0.344 e. The van der Waals surface area contributed by atoms with Crippen LogP contribution >= 0.6 is 0 Å². The first-order valence-corrected chi connectivity index (χ1v) is 2.35. The van der Waals surface area contributed by atoms with Crippen LogP contribution in [0.15, 0.2) is 4.99 Å². The molecule has 0 aliphatic carbocycles. The zero-order valence-corrected chi connectivity index (χ0v) is 4.63. The summed E-state index contributed by atoms with van der Waals surface area (Å²) in [5.74, 6) is 0.505. The van der Waals surface area contributed by atoms with Gasteiger partial charge in [-0.05, 0) is 0 Å². The summed E-state index contributed by atoms with van der Waals surface area (Å²) in [6, 6.07) is 1.96. The molecule has 41 valence electrons. The maximum absolute atomic E-state index is 8.29. The Morgan fingerprint density at radius 2 is 2.75 bits per heavy atom. The molecule has 1 aliphatic rings. The van der Waals surface area contributed by atoms with Crippen LogP contribution in [0.25, 0.3) is 0 Å². The van der Waals surface area contributed by atoms with E-state index >= 15 is 0 Å². The number of hydrogen-bond acceptors (Lipinski definition) is 3. The van der Waals surface area contributed by atoms with E-state index in [0.29, 0.717) is 12.4 Å². The van der Waals surface area contributed by atoms with Crippen LogP contribution in [-0.4, -0.2) is 24.3 Å². The van der Waals surface area contributed by atoms with Gasteiger partial charge in [-0.15, -0.1) is 0 Å². The second-order valence-corrected chi connectivity index (χ2v) is 1.57. The summed E-state index contributed by atoms with van der Waals surface area (Å²) in [5.41, 5.74) is 0. The number of rotatable bonds is 0. The van der Waals surface area contributed by atoms with Gasteiger partial charge in [0.25, 0.3) is 0 Å². The molecule has 1 rings (SSSR count). The van der Waals surface area contributed by atoms with E-state index in [1.54, 1.807) is 4.90 Å². The van der Waals surface area contributed by atoms with Crippen LogP contribution in [-0.2, 0) is 0 Å². The molecule has 0 N–H and O–H groups in total. The van der Waals surface area contributed by atoms with E-state index in [1.807, 2.05) is 19.7 Å². The Bertz CT molecular complexity index is 154. The molecule has 0 amide bonds. The normalized spacial score (nSPS) is 18.0. The average Bonchev–Trinajstić information content (AvgIpc) is 2.14. The van der Waals surface area contributed by atoms with Gasteiger partial charge in [0, 0.05) is 7.05 Å². The maximum Gasteiger partial charge on any atom is 0.204 e. The molecule has 1 radical (unpaired) electrons. The summed E-state index contributed by atoms with van der Waals surface area (Å²) >= 11 is 0. The smallest absolute Gasteiger partial charge is 0.204 e. The fraction of sp³-hybridized carbons (Fsp3) is 0.400. The highest BCUT2D eigenvalue weighted by Gasteiger charge is 2.10. The molecule has 0 fully saturated rings. The molecule has 1 heterocycles. The minimum absolute atomic E-state index is 0.505. The third-order valence-electron chi connectivity index (χ3n) is 1.03. The molecule has 0 saturated heterocycles. The van der Waals surface area contributed by atoms with E-state index in [-0.39, 0.29) is 0 Å². The van der Waals surface area contributed by atoms with Gasteiger partial charge in [-0.3, -0.25) is 4.99 Å². The molecule has 3 nitrogen and oxygen atoms in total. The predicted octanol–water partition coefficient (Wildman–Crippen LogP) is 0.0157. The van der Waals surface area contributed by atoms with E-state index in [2.05, 4.69) is 4.99 Å². The van der Waals surface area contributed by atoms with Crippen LogP contribution in [0.1, 0.15) is 0 Å². The summed E-state index contributed by atoms with van der Waals surface area (Å²) in [6.45, 7) is 2.51. The van der Waals surface area contributed by atoms with Gasteiger partial charge in [0.05, 0.1) is 13.1 Å². The monoisotopic (exact) mass is 108 g/mol. The molecule has 0 bridgehead atoms. The van der Waals surface area contributed by atoms with Crippen molar-refractivity contribution in [1.82, 2.24) is 4.90 Å². The number of nitriles is 1. The van der Waals surface area contributed by atoms with Gasteiger partial charge >= 0.3 is 0 Å². The van der Waals surface area contributed by atoms with Gasteiger partial charge in [0.15, 0.2) is 0 Å². The molecule has 8 heavy (non-hydrogen) atoms. The van der Waals surface area contributed by atoms with Crippen molar-refractivity contribution in [2.75, 3.05) is 13.6 Å². The Balaban J connectivity index is 2.66. The van der Waals surface area contributed by atoms with Crippen molar-refractivity contribution in [2.45, 2.75) is 0 Å². The number of likely N-dealkylation sites (N-methyl/N-ethyl adjacent to an activating group) is 1. The lowest BCUT2D eigenvalue weighted by atomic mass is 10.6. The highest BCUT2D eigenvalue weighted by molar-refractivity contribution is 5.97. The van der Waals surface area contributed by atoms with E-state index in [1.165, 1.54) is 0 Å². The number of aliphatic imine (C=N–C) groups is 1. The van der Waals surface area contributed by atoms with E-state index in [0.717, 1.165) is 0 Å². The second-order valence-electron chi connectivity index (χ2n) is 1.57. The van der Waals surface area contributed by atoms with Gasteiger partial charge < -0.3 is 4.90 Å². The van der Waals surface area contributed by atoms with Crippen molar-refractivity contribution in [2.24, 2.45) is 4.99 Å². The molecule has 3 heteroatoms. The van der Waals surface area contributed by atoms with Gasteiger partial charge in [0.2, 0.25) is 5.84 Å². The van der Waals surface area contributed by atoms with Crippen molar-refractivity contribution in [3.05, 3.63) is 6.54 Å². The lowest BCUT2D eigenvalue weighted by molar-refractivity contribution is 0.644. The predicted molar refractivity (Wildman–Crippen MR) is 30.0 cm³/mol. The van der Waals surface area contributed by atoms with Gasteiger partial charge in [-0.2, -0.15) is 5.26 Å². The minimum atomic E-state index is 0.505. The number of nitrogens with zero attached hydrogens (tertiary/aromatic N) is 3. The highest BCUT2D eigenvalue weighted by Crippen LogP contribution is 1.99. The van der Waals surface area contributed by atoms with Crippen LogP contribution in [0.3, 0.4) is 0 Å². The Kier molecular flexibility index (Phi) is 1.17. The lowest BCUT2D eigenvalue weighted by Gasteiger charge is -2.04. The zero-order valence-electron chi connectivity index (χ0n) is 4.63. The minimum Gasteiger partial charge on any atom is -0.344 e. The Morgan fingerprint density at radius 3 is 3.00 bits per heavy atom. The summed E-state index contributed by atoms with van der Waals surface area (Å²) in [4.78, 5) is 5.58. The van der Waals surface area contributed by atoms with E-state index < -0.39 is 0 Å². The van der Waals surface area contributed by atoms with Gasteiger partial charge in [0.1, 0.15) is 6.07 Å². The summed E-state index contributed by atoms with van der Waals surface area (Å²) in [5, 5.41) is 8.29. The molecule has 0 aromatic carbocycles. The Morgan fingerprint density at radius 1 is 2.00 bits per heavy atom. The average molecular weight is 108 g/mol. The molecule has 0 aromatic heterocycles. The Labute approximate surface area is 48.2 Å². The second kappa shape index (κ2) is 1.83. The number of hydrogen-bond donors (Lipinski definition) is 0. The fourth-order valence-electron chi connectivity index (χ4n) is 0.562. The zero-order chi connectivity index (χ0) is 5.98. The first-order chi connectivity index (χ1) is 3.84. The first-order valence-electron chi connectivity index (χ1n) is 2.35. The van der Waals surface area contributed by atoms with E-state index in [4.69, 9.17) is 5.26 Å². The topological polar surface area (TPSA) is 39.4 Å². The fourth-order valence-corrected chi connectivity index (χ4v) is 0.562. The SMILES string of the molecule is CN1[CH]CN=C1C#N. The summed E-state index contributed by atoms with van der Waals surface area (Å²) < 4.78 is 0. The molecule has 0 unspecified atom stereocenters. The first kappa shape index (κ1) is 5.10. The third kappa shape index (κ3) is 0.648. The Hall–Kier alpha value is -1.04. The molecule has 0 aromatic rings. The molecule has 0 atom stereocenters. The van der Waals surface area contributed by atoms with Crippen LogP contribution in [0.5, 0.6) is 0 Å². The molecule has 1 aliphatic heterocycles. The van der Waals surface area contributed by atoms with Crippen LogP contribution < -0.4 is 0 Å². The van der Waals surface area contributed by atoms with Gasteiger partial charge in [-0.1, -0.05) is 0 Å². The summed E-state index contributed by atoms with van der Waals surface area (Å²) in [7, 11) is 1.81. The van der Waals surface area contributed by atoms with Crippen molar-refractivity contribution in [3.8, 4) is 6.07 Å². The van der Waals surface area contributed by atoms with Crippen LogP contribution in [0, 0.1) is 17.9 Å². The standard InChI is InChI=1S/C5H6N3/c1-8-3-2-7-5(8)4-6/h3H,2H2,1H3. The van der Waals surface area contributed by atoms with Crippen molar-refractivity contribution in [3.63, 3.8) is 0 Å². The molecular weight excluding hydrogens is 102 g/mol. The quantitative estimate of drug-likeness (QED) is 0.438. The molecular formula is C5H6N3. The van der Waals surface area contributed by atoms with Crippen LogP contribution in [0.4, 0.5) is 0 Å². The summed E-state index contributed by atoms with van der Waals surface area (Å²) in [6.07, 6.45) is 0. The van der Waals surface area contributed by atoms with Crippen molar-refractivity contribution >= 4 is 5.84 Å². The maximum atomic E-state index is 8.29. The highest BCUT2D eigenvalue weighted by atomic mass is 15.2. The van der Waals surface area contributed by atoms with Crippen molar-refractivity contribution < 1.29 is 0 Å². The third-order valence-corrected chi connectivity index (χ3v) is 1.03. The lowest BCUT2D eigenvalue weighted by Crippen LogP contribution is -2.16. The number of amidine groups is 1.